The second kappa shape index (κ2) is 12.1. The summed E-state index contributed by atoms with van der Waals surface area (Å²) in [5, 5.41) is 4.24. The maximum absolute atomic E-state index is 5.92. The van der Waals surface area contributed by atoms with Gasteiger partial charge in [-0.25, -0.2) is 0 Å². The van der Waals surface area contributed by atoms with E-state index < -0.39 is 0 Å². The molecule has 0 radical (unpaired) electrons. The van der Waals surface area contributed by atoms with Crippen molar-refractivity contribution in [2.75, 3.05) is 26.2 Å². The van der Waals surface area contributed by atoms with Gasteiger partial charge in [0.2, 0.25) is 0 Å². The second-order valence-corrected chi connectivity index (χ2v) is 4.27. The van der Waals surface area contributed by atoms with E-state index in [1.54, 1.807) is 0 Å². The molecule has 5 heteroatoms. The Balaban J connectivity index is 0. The minimum atomic E-state index is 0. The van der Waals surface area contributed by atoms with Crippen LogP contribution in [-0.2, 0) is 6.54 Å². The lowest BCUT2D eigenvalue weighted by Crippen LogP contribution is -2.31. The molecule has 1 aromatic rings. The second-order valence-electron chi connectivity index (χ2n) is 3.83. The van der Waals surface area contributed by atoms with Gasteiger partial charge in [-0.15, -0.1) is 24.8 Å². The molecule has 0 saturated heterocycles. The van der Waals surface area contributed by atoms with Crippen LogP contribution >= 0.6 is 36.4 Å². The van der Waals surface area contributed by atoms with Crippen LogP contribution in [-0.4, -0.2) is 31.1 Å². The van der Waals surface area contributed by atoms with Gasteiger partial charge in [0.25, 0.3) is 0 Å². The van der Waals surface area contributed by atoms with Crippen LogP contribution in [0.5, 0.6) is 0 Å². The Morgan fingerprint density at radius 1 is 1.17 bits per heavy atom. The summed E-state index contributed by atoms with van der Waals surface area (Å²) in [7, 11) is 0. The van der Waals surface area contributed by atoms with Crippen molar-refractivity contribution < 1.29 is 0 Å². The molecule has 0 spiro atoms. The molecule has 0 heterocycles. The predicted octanol–water partition coefficient (Wildman–Crippen LogP) is 3.62. The molecular weight excluding hydrogens is 291 g/mol. The van der Waals surface area contributed by atoms with Gasteiger partial charge in [-0.2, -0.15) is 0 Å². The molecule has 0 aliphatic rings. The van der Waals surface area contributed by atoms with Crippen molar-refractivity contribution >= 4 is 36.4 Å². The molecule has 0 fully saturated rings. The average Bonchev–Trinajstić information content (AvgIpc) is 2.29. The zero-order chi connectivity index (χ0) is 11.8. The molecule has 1 aromatic carbocycles. The van der Waals surface area contributed by atoms with Crippen LogP contribution in [0.4, 0.5) is 0 Å². The maximum atomic E-state index is 5.92. The summed E-state index contributed by atoms with van der Waals surface area (Å²) in [5.41, 5.74) is 1.24. The first-order valence-electron chi connectivity index (χ1n) is 5.93. The molecule has 106 valence electrons. The Kier molecular flexibility index (Phi) is 13.6. The zero-order valence-corrected chi connectivity index (χ0v) is 13.4. The van der Waals surface area contributed by atoms with Crippen LogP contribution < -0.4 is 5.32 Å². The van der Waals surface area contributed by atoms with E-state index in [0.29, 0.717) is 0 Å². The van der Waals surface area contributed by atoms with Gasteiger partial charge in [0, 0.05) is 24.7 Å². The fourth-order valence-corrected chi connectivity index (χ4v) is 1.87. The van der Waals surface area contributed by atoms with Crippen molar-refractivity contribution in [2.24, 2.45) is 0 Å². The molecular formula is C13H23Cl3N2. The summed E-state index contributed by atoms with van der Waals surface area (Å²) in [6, 6.07) is 7.99. The molecule has 0 aromatic heterocycles. The molecule has 0 saturated carbocycles. The van der Waals surface area contributed by atoms with Crippen LogP contribution in [0.1, 0.15) is 19.4 Å². The quantitative estimate of drug-likeness (QED) is 0.774. The number of halogens is 3. The summed E-state index contributed by atoms with van der Waals surface area (Å²) in [6.07, 6.45) is 0. The number of rotatable bonds is 7. The molecule has 0 atom stereocenters. The first kappa shape index (κ1) is 20.3. The van der Waals surface area contributed by atoms with Crippen molar-refractivity contribution in [3.05, 3.63) is 34.9 Å². The lowest BCUT2D eigenvalue weighted by molar-refractivity contribution is 0.302. The van der Waals surface area contributed by atoms with Crippen molar-refractivity contribution in [1.82, 2.24) is 10.2 Å². The first-order valence-corrected chi connectivity index (χ1v) is 6.31. The Labute approximate surface area is 128 Å². The molecule has 0 aliphatic carbocycles. The van der Waals surface area contributed by atoms with E-state index in [0.717, 1.165) is 37.7 Å². The van der Waals surface area contributed by atoms with Crippen molar-refractivity contribution in [2.45, 2.75) is 20.4 Å². The Morgan fingerprint density at radius 2 is 1.83 bits per heavy atom. The Morgan fingerprint density at radius 3 is 2.39 bits per heavy atom. The third-order valence-electron chi connectivity index (χ3n) is 2.72. The Hall–Kier alpha value is 0.01000. The molecule has 0 bridgehead atoms. The zero-order valence-electron chi connectivity index (χ0n) is 11.0. The lowest BCUT2D eigenvalue weighted by atomic mass is 10.2. The van der Waals surface area contributed by atoms with Gasteiger partial charge < -0.3 is 10.2 Å². The van der Waals surface area contributed by atoms with Crippen LogP contribution in [0.15, 0.2) is 24.3 Å². The van der Waals surface area contributed by atoms with Gasteiger partial charge in [-0.3, -0.25) is 0 Å². The fourth-order valence-electron chi connectivity index (χ4n) is 1.66. The number of likely N-dealkylation sites (N-methyl/N-ethyl adjacent to an activating group) is 1. The summed E-state index contributed by atoms with van der Waals surface area (Å²) in [5.74, 6) is 0. The Bertz CT molecular complexity index is 304. The largest absolute Gasteiger partial charge is 0.311 e. The first-order chi connectivity index (χ1) is 7.76. The summed E-state index contributed by atoms with van der Waals surface area (Å²) < 4.78 is 0. The van der Waals surface area contributed by atoms with Gasteiger partial charge in [0.05, 0.1) is 0 Å². The van der Waals surface area contributed by atoms with Gasteiger partial charge in [-0.1, -0.05) is 37.6 Å². The summed E-state index contributed by atoms with van der Waals surface area (Å²) in [4.78, 5) is 2.41. The topological polar surface area (TPSA) is 15.3 Å². The molecule has 1 N–H and O–H groups in total. The summed E-state index contributed by atoms with van der Waals surface area (Å²) >= 11 is 5.92. The minimum Gasteiger partial charge on any atom is -0.311 e. The van der Waals surface area contributed by atoms with Gasteiger partial charge in [0.1, 0.15) is 0 Å². The van der Waals surface area contributed by atoms with E-state index in [9.17, 15) is 0 Å². The van der Waals surface area contributed by atoms with Crippen LogP contribution in [0, 0.1) is 0 Å². The highest BCUT2D eigenvalue weighted by molar-refractivity contribution is 6.30. The van der Waals surface area contributed by atoms with E-state index in [1.807, 2.05) is 18.2 Å². The number of hydrogen-bond acceptors (Lipinski definition) is 2. The van der Waals surface area contributed by atoms with Gasteiger partial charge in [-0.05, 0) is 30.8 Å². The highest BCUT2D eigenvalue weighted by atomic mass is 35.5. The SMILES string of the molecule is CCN(CC)CCNCc1cccc(Cl)c1.Cl.Cl. The fraction of sp³-hybridized carbons (Fsp3) is 0.538. The highest BCUT2D eigenvalue weighted by Gasteiger charge is 1.98. The third kappa shape index (κ3) is 8.17. The number of nitrogens with one attached hydrogen (secondary N) is 1. The third-order valence-corrected chi connectivity index (χ3v) is 2.95. The molecule has 0 aliphatic heterocycles. The molecule has 1 rings (SSSR count). The minimum absolute atomic E-state index is 0. The number of nitrogens with zero attached hydrogens (tertiary/aromatic N) is 1. The van der Waals surface area contributed by atoms with E-state index >= 15 is 0 Å². The van der Waals surface area contributed by atoms with Gasteiger partial charge in [0.15, 0.2) is 0 Å². The predicted molar refractivity (Wildman–Crippen MR) is 85.4 cm³/mol. The van der Waals surface area contributed by atoms with Gasteiger partial charge >= 0.3 is 0 Å². The number of hydrogen-bond donors (Lipinski definition) is 1. The molecule has 18 heavy (non-hydrogen) atoms. The van der Waals surface area contributed by atoms with Crippen molar-refractivity contribution in [3.8, 4) is 0 Å². The van der Waals surface area contributed by atoms with E-state index in [1.165, 1.54) is 5.56 Å². The van der Waals surface area contributed by atoms with Crippen LogP contribution in [0.2, 0.25) is 5.02 Å². The maximum Gasteiger partial charge on any atom is 0.0409 e. The number of benzene rings is 1. The van der Waals surface area contributed by atoms with E-state index in [-0.39, 0.29) is 24.8 Å². The smallest absolute Gasteiger partial charge is 0.0409 e. The monoisotopic (exact) mass is 312 g/mol. The van der Waals surface area contributed by atoms with E-state index in [2.05, 4.69) is 30.1 Å². The van der Waals surface area contributed by atoms with Crippen LogP contribution in [0.3, 0.4) is 0 Å². The summed E-state index contributed by atoms with van der Waals surface area (Å²) in [6.45, 7) is 9.65. The van der Waals surface area contributed by atoms with Crippen LogP contribution in [0.25, 0.3) is 0 Å². The van der Waals surface area contributed by atoms with Crippen molar-refractivity contribution in [1.29, 1.82) is 0 Å². The van der Waals surface area contributed by atoms with E-state index in [4.69, 9.17) is 11.6 Å². The average molecular weight is 314 g/mol. The normalized spacial score (nSPS) is 9.78. The molecule has 0 unspecified atom stereocenters. The lowest BCUT2D eigenvalue weighted by Gasteiger charge is -2.18. The molecule has 2 nitrogen and oxygen atoms in total. The highest BCUT2D eigenvalue weighted by Crippen LogP contribution is 2.09. The molecule has 0 amide bonds. The standard InChI is InChI=1S/C13H21ClN2.2ClH/c1-3-16(4-2)9-8-15-11-12-6-5-7-13(14)10-12;;/h5-7,10,15H,3-4,8-9,11H2,1-2H3;2*1H. The van der Waals surface area contributed by atoms with Crippen molar-refractivity contribution in [3.63, 3.8) is 0 Å².